The van der Waals surface area contributed by atoms with Crippen LogP contribution in [0.25, 0.3) is 0 Å². The van der Waals surface area contributed by atoms with Gasteiger partial charge >= 0.3 is 0 Å². The van der Waals surface area contributed by atoms with Crippen molar-refractivity contribution < 1.29 is 0 Å². The maximum absolute atomic E-state index is 5.86. The molecular formula is C21H30. The molecule has 21 heavy (non-hydrogen) atoms. The van der Waals surface area contributed by atoms with Crippen molar-refractivity contribution in [1.82, 2.24) is 0 Å². The van der Waals surface area contributed by atoms with Gasteiger partial charge in [-0.2, -0.15) is 0 Å². The van der Waals surface area contributed by atoms with Crippen molar-refractivity contribution in [3.8, 4) is 12.3 Å². The van der Waals surface area contributed by atoms with E-state index in [-0.39, 0.29) is 0 Å². The van der Waals surface area contributed by atoms with Gasteiger partial charge in [0, 0.05) is 5.92 Å². The smallest absolute Gasteiger partial charge is 0.0256 e. The van der Waals surface area contributed by atoms with E-state index in [0.717, 1.165) is 17.8 Å². The highest BCUT2D eigenvalue weighted by atomic mass is 14.6. The molecule has 4 aliphatic carbocycles. The molecule has 0 heteroatoms. The van der Waals surface area contributed by atoms with E-state index in [4.69, 9.17) is 6.42 Å². The summed E-state index contributed by atoms with van der Waals surface area (Å²) in [6.07, 6.45) is 21.1. The summed E-state index contributed by atoms with van der Waals surface area (Å²) >= 11 is 0. The second kappa shape index (κ2) is 4.65. The van der Waals surface area contributed by atoms with E-state index in [1.54, 1.807) is 0 Å². The number of hydrogen-bond acceptors (Lipinski definition) is 0. The quantitative estimate of drug-likeness (QED) is 0.401. The fourth-order valence-corrected chi connectivity index (χ4v) is 6.97. The van der Waals surface area contributed by atoms with Crippen LogP contribution < -0.4 is 0 Å². The van der Waals surface area contributed by atoms with Gasteiger partial charge in [0.1, 0.15) is 0 Å². The fraction of sp³-hybridized carbons (Fsp3) is 0.810. The van der Waals surface area contributed by atoms with Crippen LogP contribution in [0.5, 0.6) is 0 Å². The third-order valence-corrected chi connectivity index (χ3v) is 8.22. The van der Waals surface area contributed by atoms with Crippen molar-refractivity contribution >= 4 is 0 Å². The summed E-state index contributed by atoms with van der Waals surface area (Å²) in [6, 6.07) is 0. The molecule has 0 aliphatic heterocycles. The van der Waals surface area contributed by atoms with Gasteiger partial charge in [0.15, 0.2) is 0 Å². The van der Waals surface area contributed by atoms with Crippen molar-refractivity contribution in [2.45, 2.75) is 71.6 Å². The Kier molecular flexibility index (Phi) is 3.08. The molecule has 3 saturated carbocycles. The first-order valence-electron chi connectivity index (χ1n) is 9.25. The van der Waals surface area contributed by atoms with Crippen molar-refractivity contribution in [1.29, 1.82) is 0 Å². The zero-order valence-electron chi connectivity index (χ0n) is 13.8. The van der Waals surface area contributed by atoms with Gasteiger partial charge in [-0.1, -0.05) is 31.9 Å². The standard InChI is InChI=1S/C21H30/c1-4-15-9-11-18-17-10-8-16-7-5-6-13-20(16,2)19(17)12-14-21(15,18)3/h1,8,15,17-19H,5-7,9-14H2,2-3H3/t15?,17-,18-,19-,20-,21+/m0/s1. The second-order valence-corrected chi connectivity index (χ2v) is 8.81. The van der Waals surface area contributed by atoms with Crippen molar-refractivity contribution in [3.05, 3.63) is 11.6 Å². The Morgan fingerprint density at radius 2 is 1.95 bits per heavy atom. The summed E-state index contributed by atoms with van der Waals surface area (Å²) in [4.78, 5) is 0. The molecule has 114 valence electrons. The Balaban J connectivity index is 1.69. The highest BCUT2D eigenvalue weighted by molar-refractivity contribution is 5.25. The molecule has 0 bridgehead atoms. The molecular weight excluding hydrogens is 252 g/mol. The van der Waals surface area contributed by atoms with E-state index in [0.29, 0.717) is 16.7 Å². The molecule has 0 radical (unpaired) electrons. The Bertz CT molecular complexity index is 507. The van der Waals surface area contributed by atoms with E-state index in [1.807, 2.05) is 5.57 Å². The van der Waals surface area contributed by atoms with Gasteiger partial charge < -0.3 is 0 Å². The third kappa shape index (κ3) is 1.76. The molecule has 1 unspecified atom stereocenters. The van der Waals surface area contributed by atoms with E-state index >= 15 is 0 Å². The first-order chi connectivity index (χ1) is 10.1. The van der Waals surface area contributed by atoms with Crippen LogP contribution in [0.2, 0.25) is 0 Å². The molecule has 0 nitrogen and oxygen atoms in total. The van der Waals surface area contributed by atoms with Gasteiger partial charge in [0.25, 0.3) is 0 Å². The summed E-state index contributed by atoms with van der Waals surface area (Å²) in [7, 11) is 0. The van der Waals surface area contributed by atoms with E-state index in [1.165, 1.54) is 57.8 Å². The normalized spacial score (nSPS) is 52.1. The minimum atomic E-state index is 0.451. The highest BCUT2D eigenvalue weighted by Gasteiger charge is 2.57. The molecule has 0 N–H and O–H groups in total. The molecule has 0 aromatic carbocycles. The summed E-state index contributed by atoms with van der Waals surface area (Å²) < 4.78 is 0. The third-order valence-electron chi connectivity index (χ3n) is 8.22. The maximum atomic E-state index is 5.86. The van der Waals surface area contributed by atoms with Gasteiger partial charge in [0.2, 0.25) is 0 Å². The van der Waals surface area contributed by atoms with E-state index in [9.17, 15) is 0 Å². The van der Waals surface area contributed by atoms with Crippen molar-refractivity contribution in [2.75, 3.05) is 0 Å². The predicted molar refractivity (Wildman–Crippen MR) is 88.6 cm³/mol. The zero-order valence-corrected chi connectivity index (χ0v) is 13.8. The van der Waals surface area contributed by atoms with Crippen LogP contribution in [0.15, 0.2) is 11.6 Å². The lowest BCUT2D eigenvalue weighted by Crippen LogP contribution is -2.49. The molecule has 6 atom stereocenters. The van der Waals surface area contributed by atoms with Crippen LogP contribution >= 0.6 is 0 Å². The van der Waals surface area contributed by atoms with Gasteiger partial charge in [-0.3, -0.25) is 0 Å². The minimum absolute atomic E-state index is 0.451. The molecule has 0 saturated heterocycles. The molecule has 4 rings (SSSR count). The molecule has 0 amide bonds. The number of hydrogen-bond donors (Lipinski definition) is 0. The molecule has 0 spiro atoms. The summed E-state index contributed by atoms with van der Waals surface area (Å²) in [5, 5.41) is 0. The lowest BCUT2D eigenvalue weighted by atomic mass is 9.47. The largest absolute Gasteiger partial charge is 0.120 e. The van der Waals surface area contributed by atoms with Gasteiger partial charge in [0.05, 0.1) is 0 Å². The summed E-state index contributed by atoms with van der Waals surface area (Å²) in [5.41, 5.74) is 2.81. The molecule has 0 aromatic heterocycles. The van der Waals surface area contributed by atoms with Crippen LogP contribution in [-0.4, -0.2) is 0 Å². The number of terminal acetylenes is 1. The Morgan fingerprint density at radius 1 is 1.10 bits per heavy atom. The van der Waals surface area contributed by atoms with Gasteiger partial charge in [-0.15, -0.1) is 12.3 Å². The first-order valence-corrected chi connectivity index (χ1v) is 9.25. The van der Waals surface area contributed by atoms with Crippen LogP contribution in [0, 0.1) is 46.8 Å². The van der Waals surface area contributed by atoms with E-state index < -0.39 is 0 Å². The van der Waals surface area contributed by atoms with Crippen LogP contribution in [-0.2, 0) is 0 Å². The molecule has 0 aromatic rings. The fourth-order valence-electron chi connectivity index (χ4n) is 6.97. The number of fused-ring (bicyclic) bond motifs is 5. The highest BCUT2D eigenvalue weighted by Crippen LogP contribution is 2.66. The van der Waals surface area contributed by atoms with Crippen LogP contribution in [0.3, 0.4) is 0 Å². The Labute approximate surface area is 130 Å². The molecule has 0 heterocycles. The zero-order chi connectivity index (χ0) is 14.7. The predicted octanol–water partition coefficient (Wildman–Crippen LogP) is 5.59. The number of rotatable bonds is 0. The Morgan fingerprint density at radius 3 is 2.76 bits per heavy atom. The molecule has 4 aliphatic rings. The average molecular weight is 282 g/mol. The second-order valence-electron chi connectivity index (χ2n) is 8.81. The number of allylic oxidation sites excluding steroid dienone is 2. The summed E-state index contributed by atoms with van der Waals surface area (Å²) in [6.45, 7) is 5.12. The Hall–Kier alpha value is -0.700. The maximum Gasteiger partial charge on any atom is 0.0256 e. The van der Waals surface area contributed by atoms with E-state index in [2.05, 4.69) is 25.8 Å². The lowest BCUT2D eigenvalue weighted by Gasteiger charge is -2.57. The minimum Gasteiger partial charge on any atom is -0.120 e. The van der Waals surface area contributed by atoms with Gasteiger partial charge in [-0.25, -0.2) is 0 Å². The van der Waals surface area contributed by atoms with Crippen molar-refractivity contribution in [2.24, 2.45) is 34.5 Å². The molecule has 3 fully saturated rings. The first kappa shape index (κ1) is 13.9. The van der Waals surface area contributed by atoms with Gasteiger partial charge in [-0.05, 0) is 80.0 Å². The topological polar surface area (TPSA) is 0 Å². The lowest BCUT2D eigenvalue weighted by molar-refractivity contribution is -0.0335. The average Bonchev–Trinajstić information content (AvgIpc) is 2.83. The van der Waals surface area contributed by atoms with Crippen LogP contribution in [0.4, 0.5) is 0 Å². The SMILES string of the molecule is C#CC1CC[C@H]2[C@@H]3CC=C4CCCC[C@]4(C)[C@H]3CC[C@]12C. The van der Waals surface area contributed by atoms with Crippen LogP contribution in [0.1, 0.15) is 71.6 Å². The monoisotopic (exact) mass is 282 g/mol. The summed E-state index contributed by atoms with van der Waals surface area (Å²) in [5.74, 6) is 6.47. The van der Waals surface area contributed by atoms with Crippen molar-refractivity contribution in [3.63, 3.8) is 0 Å².